The molecule has 0 aliphatic carbocycles. The maximum Gasteiger partial charge on any atom is 0.383 e. The smallest absolute Gasteiger partial charge is 0.383 e. The van der Waals surface area contributed by atoms with E-state index in [-0.39, 0.29) is 19.6 Å². The average Bonchev–Trinajstić information content (AvgIpc) is 2.53. The number of ether oxygens (including phenoxy) is 1. The molecule has 122 valence electrons. The summed E-state index contributed by atoms with van der Waals surface area (Å²) in [7, 11) is 1.41. The number of methoxy groups -OCH3 is 1. The van der Waals surface area contributed by atoms with E-state index in [2.05, 4.69) is 5.32 Å². The highest BCUT2D eigenvalue weighted by atomic mass is 19.3. The summed E-state index contributed by atoms with van der Waals surface area (Å²) in [6.07, 6.45) is -4.03. The zero-order chi connectivity index (χ0) is 16.3. The zero-order valence-corrected chi connectivity index (χ0v) is 11.9. The number of carbonyl (C=O) groups is 1. The van der Waals surface area contributed by atoms with Crippen molar-refractivity contribution in [1.29, 1.82) is 0 Å². The predicted octanol–water partition coefficient (Wildman–Crippen LogP) is 2.07. The molecule has 1 aromatic rings. The number of rotatable bonds is 4. The molecule has 0 bridgehead atoms. The number of halogens is 4. The van der Waals surface area contributed by atoms with Crippen molar-refractivity contribution >= 4 is 5.91 Å². The quantitative estimate of drug-likeness (QED) is 0.864. The van der Waals surface area contributed by atoms with Crippen molar-refractivity contribution in [2.45, 2.75) is 18.4 Å². The molecule has 1 atom stereocenters. The zero-order valence-electron chi connectivity index (χ0n) is 11.9. The van der Waals surface area contributed by atoms with Crippen LogP contribution < -0.4 is 10.1 Å². The number of hydrogen-bond acceptors (Lipinski definition) is 3. The summed E-state index contributed by atoms with van der Waals surface area (Å²) in [5.74, 6) is -6.15. The Balaban J connectivity index is 2.35. The second kappa shape index (κ2) is 6.51. The Morgan fingerprint density at radius 1 is 1.41 bits per heavy atom. The number of benzene rings is 1. The Bertz CT molecular complexity index is 539. The summed E-state index contributed by atoms with van der Waals surface area (Å²) in [5.41, 5.74) is 0.496. The molecule has 1 aliphatic rings. The first-order valence-electron chi connectivity index (χ1n) is 6.70. The van der Waals surface area contributed by atoms with Crippen molar-refractivity contribution in [2.75, 3.05) is 26.7 Å². The number of para-hydroxylation sites is 1. The van der Waals surface area contributed by atoms with E-state index in [1.807, 2.05) is 0 Å². The van der Waals surface area contributed by atoms with Crippen LogP contribution in [0.3, 0.4) is 0 Å². The van der Waals surface area contributed by atoms with Crippen molar-refractivity contribution in [3.8, 4) is 5.75 Å². The summed E-state index contributed by atoms with van der Waals surface area (Å²) in [6.45, 7) is 0.367. The largest absolute Gasteiger partial charge is 0.496 e. The van der Waals surface area contributed by atoms with Gasteiger partial charge in [0, 0.05) is 25.2 Å². The second-order valence-corrected chi connectivity index (χ2v) is 4.88. The first-order valence-corrected chi connectivity index (χ1v) is 6.70. The van der Waals surface area contributed by atoms with E-state index in [1.165, 1.54) is 7.11 Å². The van der Waals surface area contributed by atoms with Gasteiger partial charge in [-0.15, -0.1) is 0 Å². The molecule has 0 spiro atoms. The molecule has 1 N–H and O–H groups in total. The van der Waals surface area contributed by atoms with Gasteiger partial charge in [-0.25, -0.2) is 8.78 Å². The van der Waals surface area contributed by atoms with E-state index < -0.39 is 24.3 Å². The van der Waals surface area contributed by atoms with Crippen LogP contribution in [-0.4, -0.2) is 49.9 Å². The third kappa shape index (κ3) is 3.01. The molecule has 1 heterocycles. The second-order valence-electron chi connectivity index (χ2n) is 4.88. The van der Waals surface area contributed by atoms with E-state index in [0.29, 0.717) is 11.3 Å². The molecule has 1 fully saturated rings. The summed E-state index contributed by atoms with van der Waals surface area (Å²) in [4.78, 5) is 12.7. The minimum absolute atomic E-state index is 0.0795. The normalized spacial score (nSPS) is 19.4. The third-order valence-corrected chi connectivity index (χ3v) is 3.56. The first kappa shape index (κ1) is 16.5. The van der Waals surface area contributed by atoms with E-state index in [9.17, 15) is 22.4 Å². The Morgan fingerprint density at radius 2 is 2.09 bits per heavy atom. The minimum atomic E-state index is -4.70. The van der Waals surface area contributed by atoms with Crippen LogP contribution in [0, 0.1) is 0 Å². The molecule has 8 heteroatoms. The molecule has 0 saturated carbocycles. The first-order chi connectivity index (χ1) is 10.4. The van der Waals surface area contributed by atoms with E-state index in [0.717, 1.165) is 4.90 Å². The molecule has 1 unspecified atom stereocenters. The van der Waals surface area contributed by atoms with Crippen molar-refractivity contribution in [3.05, 3.63) is 29.8 Å². The third-order valence-electron chi connectivity index (χ3n) is 3.56. The molecular weight excluding hydrogens is 304 g/mol. The van der Waals surface area contributed by atoms with Gasteiger partial charge >= 0.3 is 12.3 Å². The maximum absolute atomic E-state index is 13.4. The standard InChI is InChI=1S/C14H16F4N2O2/c1-22-11-5-3-2-4-9(11)10-8-19-6-7-20(10)13(21)14(17,18)12(15)16/h2-5,10,12,19H,6-8H2,1H3. The average molecular weight is 320 g/mol. The Hall–Kier alpha value is -1.83. The Morgan fingerprint density at radius 3 is 2.73 bits per heavy atom. The fourth-order valence-electron chi connectivity index (χ4n) is 2.45. The highest BCUT2D eigenvalue weighted by Crippen LogP contribution is 2.34. The lowest BCUT2D eigenvalue weighted by atomic mass is 10.0. The number of carbonyl (C=O) groups excluding carboxylic acids is 1. The lowest BCUT2D eigenvalue weighted by Crippen LogP contribution is -2.55. The van der Waals surface area contributed by atoms with Gasteiger partial charge in [-0.2, -0.15) is 8.78 Å². The predicted molar refractivity (Wildman–Crippen MR) is 71.3 cm³/mol. The van der Waals surface area contributed by atoms with Gasteiger partial charge < -0.3 is 15.0 Å². The summed E-state index contributed by atoms with van der Waals surface area (Å²) >= 11 is 0. The molecule has 0 radical (unpaired) electrons. The molecule has 0 aromatic heterocycles. The maximum atomic E-state index is 13.4. The molecule has 2 rings (SSSR count). The van der Waals surface area contributed by atoms with Crippen LogP contribution in [0.2, 0.25) is 0 Å². The molecular formula is C14H16F4N2O2. The van der Waals surface area contributed by atoms with Gasteiger partial charge in [-0.3, -0.25) is 4.79 Å². The number of nitrogens with one attached hydrogen (secondary N) is 1. The van der Waals surface area contributed by atoms with Crippen molar-refractivity contribution in [2.24, 2.45) is 0 Å². The number of alkyl halides is 4. The van der Waals surface area contributed by atoms with E-state index >= 15 is 0 Å². The molecule has 1 saturated heterocycles. The molecule has 22 heavy (non-hydrogen) atoms. The number of piperazine rings is 1. The Labute approximate surface area is 125 Å². The van der Waals surface area contributed by atoms with Crippen LogP contribution in [0.5, 0.6) is 5.75 Å². The van der Waals surface area contributed by atoms with Crippen LogP contribution in [-0.2, 0) is 4.79 Å². The van der Waals surface area contributed by atoms with Crippen LogP contribution >= 0.6 is 0 Å². The minimum Gasteiger partial charge on any atom is -0.496 e. The molecule has 1 amide bonds. The van der Waals surface area contributed by atoms with Crippen molar-refractivity contribution < 1.29 is 27.1 Å². The molecule has 1 aliphatic heterocycles. The van der Waals surface area contributed by atoms with Crippen molar-refractivity contribution in [1.82, 2.24) is 10.2 Å². The lowest BCUT2D eigenvalue weighted by Gasteiger charge is -2.38. The van der Waals surface area contributed by atoms with Gasteiger partial charge in [-0.05, 0) is 6.07 Å². The van der Waals surface area contributed by atoms with Crippen LogP contribution in [0.15, 0.2) is 24.3 Å². The number of amides is 1. The van der Waals surface area contributed by atoms with Gasteiger partial charge in [0.1, 0.15) is 5.75 Å². The van der Waals surface area contributed by atoms with Crippen LogP contribution in [0.1, 0.15) is 11.6 Å². The van der Waals surface area contributed by atoms with Crippen LogP contribution in [0.4, 0.5) is 17.6 Å². The van der Waals surface area contributed by atoms with Crippen LogP contribution in [0.25, 0.3) is 0 Å². The highest BCUT2D eigenvalue weighted by Gasteiger charge is 2.52. The van der Waals surface area contributed by atoms with Gasteiger partial charge in [0.2, 0.25) is 0 Å². The fraction of sp³-hybridized carbons (Fsp3) is 0.500. The SMILES string of the molecule is COc1ccccc1C1CNCCN1C(=O)C(F)(F)C(F)F. The molecule has 4 nitrogen and oxygen atoms in total. The van der Waals surface area contributed by atoms with Gasteiger partial charge in [-0.1, -0.05) is 18.2 Å². The molecule has 1 aromatic carbocycles. The number of nitrogens with zero attached hydrogens (tertiary/aromatic N) is 1. The van der Waals surface area contributed by atoms with Gasteiger partial charge in [0.05, 0.1) is 13.2 Å². The van der Waals surface area contributed by atoms with E-state index in [1.54, 1.807) is 24.3 Å². The topological polar surface area (TPSA) is 41.6 Å². The fourth-order valence-corrected chi connectivity index (χ4v) is 2.45. The summed E-state index contributed by atoms with van der Waals surface area (Å²) < 4.78 is 56.9. The highest BCUT2D eigenvalue weighted by molar-refractivity contribution is 5.84. The number of hydrogen-bond donors (Lipinski definition) is 1. The van der Waals surface area contributed by atoms with E-state index in [4.69, 9.17) is 4.74 Å². The van der Waals surface area contributed by atoms with Gasteiger partial charge in [0.15, 0.2) is 0 Å². The summed E-state index contributed by atoms with van der Waals surface area (Å²) in [6, 6.07) is 5.82. The monoisotopic (exact) mass is 320 g/mol. The Kier molecular flexibility index (Phi) is 4.90. The van der Waals surface area contributed by atoms with Crippen molar-refractivity contribution in [3.63, 3.8) is 0 Å². The lowest BCUT2D eigenvalue weighted by molar-refractivity contribution is -0.183. The summed E-state index contributed by atoms with van der Waals surface area (Å²) in [5, 5.41) is 2.97. The van der Waals surface area contributed by atoms with Gasteiger partial charge in [0.25, 0.3) is 5.91 Å².